The van der Waals surface area contributed by atoms with Gasteiger partial charge in [-0.3, -0.25) is 14.5 Å². The Kier molecular flexibility index (Phi) is 2.89. The molecule has 0 spiro atoms. The fourth-order valence-corrected chi connectivity index (χ4v) is 2.36. The van der Waals surface area contributed by atoms with Crippen molar-refractivity contribution in [3.63, 3.8) is 0 Å². The van der Waals surface area contributed by atoms with Crippen LogP contribution in [0.4, 0.5) is 0 Å². The molecule has 1 aliphatic heterocycles. The number of aromatic nitrogens is 2. The second-order valence-corrected chi connectivity index (χ2v) is 4.96. The standard InChI is InChI=1S/C15H15N3O2/c1-9-10(2)15(20)18(14(9)19)8-7-13-16-11-5-3-4-6-12(11)17-13/h3-6H,7-8H2,1-2H3,(H,16,17). The molecular weight excluding hydrogens is 254 g/mol. The zero-order valence-electron chi connectivity index (χ0n) is 11.4. The molecule has 0 saturated carbocycles. The summed E-state index contributed by atoms with van der Waals surface area (Å²) in [6.45, 7) is 3.74. The van der Waals surface area contributed by atoms with Crippen LogP contribution in [0.15, 0.2) is 35.4 Å². The lowest BCUT2D eigenvalue weighted by Crippen LogP contribution is -2.33. The average molecular weight is 269 g/mol. The summed E-state index contributed by atoms with van der Waals surface area (Å²) in [5.41, 5.74) is 2.94. The van der Waals surface area contributed by atoms with Gasteiger partial charge in [0.15, 0.2) is 0 Å². The second kappa shape index (κ2) is 4.59. The molecule has 0 bridgehead atoms. The Hall–Kier alpha value is -2.43. The number of hydrogen-bond acceptors (Lipinski definition) is 3. The predicted molar refractivity (Wildman–Crippen MR) is 74.9 cm³/mol. The molecule has 1 aliphatic rings. The maximum absolute atomic E-state index is 11.9. The van der Waals surface area contributed by atoms with Crippen LogP contribution >= 0.6 is 0 Å². The summed E-state index contributed by atoms with van der Waals surface area (Å²) < 4.78 is 0. The van der Waals surface area contributed by atoms with Crippen LogP contribution in [0.1, 0.15) is 19.7 Å². The minimum atomic E-state index is -0.191. The van der Waals surface area contributed by atoms with E-state index in [0.29, 0.717) is 24.1 Å². The maximum Gasteiger partial charge on any atom is 0.256 e. The van der Waals surface area contributed by atoms with Crippen molar-refractivity contribution in [3.8, 4) is 0 Å². The number of nitrogens with one attached hydrogen (secondary N) is 1. The number of amides is 2. The number of aromatic amines is 1. The lowest BCUT2D eigenvalue weighted by molar-refractivity contribution is -0.137. The lowest BCUT2D eigenvalue weighted by Gasteiger charge is -2.13. The molecule has 0 unspecified atom stereocenters. The van der Waals surface area contributed by atoms with Crippen LogP contribution in [0, 0.1) is 0 Å². The summed E-state index contributed by atoms with van der Waals surface area (Å²) in [4.78, 5) is 32.8. The first kappa shape index (κ1) is 12.6. The van der Waals surface area contributed by atoms with E-state index in [2.05, 4.69) is 9.97 Å². The Morgan fingerprint density at radius 3 is 2.40 bits per heavy atom. The SMILES string of the molecule is CC1=C(C)C(=O)N(CCc2nc3ccccc3[nH]2)C1=O. The number of H-pyrrole nitrogens is 1. The highest BCUT2D eigenvalue weighted by Crippen LogP contribution is 2.20. The fraction of sp³-hybridized carbons (Fsp3) is 0.267. The summed E-state index contributed by atoms with van der Waals surface area (Å²) in [5.74, 6) is 0.404. The highest BCUT2D eigenvalue weighted by atomic mass is 16.2. The van der Waals surface area contributed by atoms with Crippen molar-refractivity contribution in [3.05, 3.63) is 41.2 Å². The van der Waals surface area contributed by atoms with Crippen molar-refractivity contribution in [1.82, 2.24) is 14.9 Å². The number of para-hydroxylation sites is 2. The summed E-state index contributed by atoms with van der Waals surface area (Å²) in [7, 11) is 0. The molecular formula is C15H15N3O2. The predicted octanol–water partition coefficient (Wildman–Crippen LogP) is 1.81. The van der Waals surface area contributed by atoms with E-state index in [-0.39, 0.29) is 11.8 Å². The van der Waals surface area contributed by atoms with Gasteiger partial charge in [-0.05, 0) is 26.0 Å². The van der Waals surface area contributed by atoms with Gasteiger partial charge in [-0.2, -0.15) is 0 Å². The zero-order chi connectivity index (χ0) is 14.3. The van der Waals surface area contributed by atoms with E-state index < -0.39 is 0 Å². The Balaban J connectivity index is 1.74. The number of benzene rings is 1. The summed E-state index contributed by atoms with van der Waals surface area (Å²) in [5, 5.41) is 0. The second-order valence-electron chi connectivity index (χ2n) is 4.96. The number of rotatable bonds is 3. The normalized spacial score (nSPS) is 15.8. The van der Waals surface area contributed by atoms with Crippen molar-refractivity contribution >= 4 is 22.8 Å². The van der Waals surface area contributed by atoms with E-state index in [0.717, 1.165) is 16.9 Å². The minimum absolute atomic E-state index is 0.191. The molecule has 0 fully saturated rings. The quantitative estimate of drug-likeness (QED) is 0.864. The molecule has 20 heavy (non-hydrogen) atoms. The van der Waals surface area contributed by atoms with Gasteiger partial charge in [0.05, 0.1) is 11.0 Å². The van der Waals surface area contributed by atoms with Gasteiger partial charge in [-0.25, -0.2) is 4.98 Å². The number of carbonyl (C=O) groups is 2. The Labute approximate surface area is 116 Å². The molecule has 2 heterocycles. The number of imide groups is 1. The van der Waals surface area contributed by atoms with Crippen LogP contribution in [0.2, 0.25) is 0 Å². The van der Waals surface area contributed by atoms with E-state index in [1.807, 2.05) is 24.3 Å². The van der Waals surface area contributed by atoms with E-state index in [1.54, 1.807) is 13.8 Å². The van der Waals surface area contributed by atoms with Gasteiger partial charge in [0, 0.05) is 24.1 Å². The maximum atomic E-state index is 11.9. The smallest absolute Gasteiger partial charge is 0.256 e. The number of nitrogens with zero attached hydrogens (tertiary/aromatic N) is 2. The minimum Gasteiger partial charge on any atom is -0.342 e. The molecule has 2 amide bonds. The third kappa shape index (κ3) is 1.91. The molecule has 1 N–H and O–H groups in total. The van der Waals surface area contributed by atoms with E-state index in [4.69, 9.17) is 0 Å². The summed E-state index contributed by atoms with van der Waals surface area (Å²) in [6, 6.07) is 7.75. The average Bonchev–Trinajstić information content (AvgIpc) is 2.94. The third-order valence-electron chi connectivity index (χ3n) is 3.71. The third-order valence-corrected chi connectivity index (χ3v) is 3.71. The van der Waals surface area contributed by atoms with Gasteiger partial charge in [-0.15, -0.1) is 0 Å². The van der Waals surface area contributed by atoms with E-state index in [1.165, 1.54) is 4.90 Å². The Bertz CT molecular complexity index is 685. The van der Waals surface area contributed by atoms with Gasteiger partial charge in [0.1, 0.15) is 5.82 Å². The molecule has 1 aromatic heterocycles. The first-order valence-electron chi connectivity index (χ1n) is 6.55. The Morgan fingerprint density at radius 2 is 1.75 bits per heavy atom. The van der Waals surface area contributed by atoms with Gasteiger partial charge in [-0.1, -0.05) is 12.1 Å². The van der Waals surface area contributed by atoms with Gasteiger partial charge < -0.3 is 4.98 Å². The number of fused-ring (bicyclic) bond motifs is 1. The largest absolute Gasteiger partial charge is 0.342 e. The number of carbonyl (C=O) groups excluding carboxylic acids is 2. The number of hydrogen-bond donors (Lipinski definition) is 1. The van der Waals surface area contributed by atoms with Crippen molar-refractivity contribution in [2.24, 2.45) is 0 Å². The number of imidazole rings is 1. The van der Waals surface area contributed by atoms with Crippen LogP contribution in [0.5, 0.6) is 0 Å². The fourth-order valence-electron chi connectivity index (χ4n) is 2.36. The van der Waals surface area contributed by atoms with Crippen molar-refractivity contribution < 1.29 is 9.59 Å². The molecule has 0 saturated heterocycles. The monoisotopic (exact) mass is 269 g/mol. The van der Waals surface area contributed by atoms with Crippen LogP contribution in [-0.2, 0) is 16.0 Å². The first-order valence-corrected chi connectivity index (χ1v) is 6.55. The molecule has 0 atom stereocenters. The van der Waals surface area contributed by atoms with Crippen LogP contribution in [-0.4, -0.2) is 33.2 Å². The molecule has 1 aromatic carbocycles. The summed E-state index contributed by atoms with van der Waals surface area (Å²) >= 11 is 0. The molecule has 5 nitrogen and oxygen atoms in total. The molecule has 102 valence electrons. The zero-order valence-corrected chi connectivity index (χ0v) is 11.4. The molecule has 5 heteroatoms. The topological polar surface area (TPSA) is 66.1 Å². The van der Waals surface area contributed by atoms with Crippen molar-refractivity contribution in [2.75, 3.05) is 6.54 Å². The van der Waals surface area contributed by atoms with E-state index >= 15 is 0 Å². The molecule has 3 rings (SSSR count). The van der Waals surface area contributed by atoms with Gasteiger partial charge in [0.2, 0.25) is 0 Å². The van der Waals surface area contributed by atoms with Gasteiger partial charge in [0.25, 0.3) is 11.8 Å². The highest BCUT2D eigenvalue weighted by molar-refractivity contribution is 6.18. The first-order chi connectivity index (χ1) is 9.58. The Morgan fingerprint density at radius 1 is 1.10 bits per heavy atom. The van der Waals surface area contributed by atoms with Gasteiger partial charge >= 0.3 is 0 Å². The van der Waals surface area contributed by atoms with Crippen molar-refractivity contribution in [2.45, 2.75) is 20.3 Å². The van der Waals surface area contributed by atoms with Crippen LogP contribution < -0.4 is 0 Å². The molecule has 2 aromatic rings. The van der Waals surface area contributed by atoms with Crippen LogP contribution in [0.25, 0.3) is 11.0 Å². The van der Waals surface area contributed by atoms with Crippen LogP contribution in [0.3, 0.4) is 0 Å². The van der Waals surface area contributed by atoms with E-state index in [9.17, 15) is 9.59 Å². The highest BCUT2D eigenvalue weighted by Gasteiger charge is 2.32. The lowest BCUT2D eigenvalue weighted by atomic mass is 10.2. The molecule has 0 aliphatic carbocycles. The molecule has 0 radical (unpaired) electrons. The van der Waals surface area contributed by atoms with Crippen molar-refractivity contribution in [1.29, 1.82) is 0 Å². The summed E-state index contributed by atoms with van der Waals surface area (Å²) in [6.07, 6.45) is 0.534.